The predicted molar refractivity (Wildman–Crippen MR) is 93.6 cm³/mol. The molecule has 112 valence electrons. The molecule has 0 saturated heterocycles. The molecule has 3 aromatic rings. The summed E-state index contributed by atoms with van der Waals surface area (Å²) in [5.41, 5.74) is 0. The second-order valence-electron chi connectivity index (χ2n) is 2.97. The van der Waals surface area contributed by atoms with E-state index >= 15 is 0 Å². The molecule has 1 aromatic heterocycles. The number of H-pyrrole nitrogens is 1. The fourth-order valence-electron chi connectivity index (χ4n) is 1.31. The average Bonchev–Trinajstić information content (AvgIpc) is 3.06. The summed E-state index contributed by atoms with van der Waals surface area (Å²) < 4.78 is 3.34. The molecule has 0 aliphatic rings. The van der Waals surface area contributed by atoms with Gasteiger partial charge in [0.15, 0.2) is 0 Å². The van der Waals surface area contributed by atoms with Gasteiger partial charge in [-0.3, -0.25) is 0 Å². The maximum absolute atomic E-state index is 3.34. The van der Waals surface area contributed by atoms with Gasteiger partial charge in [-0.15, -0.1) is 60.7 Å². The van der Waals surface area contributed by atoms with Gasteiger partial charge >= 0.3 is 28.4 Å². The van der Waals surface area contributed by atoms with Crippen LogP contribution in [0.25, 0.3) is 10.8 Å². The van der Waals surface area contributed by atoms with Gasteiger partial charge in [0, 0.05) is 0 Å². The minimum Gasteiger partial charge on any atom is -0.484 e. The van der Waals surface area contributed by atoms with Gasteiger partial charge in [-0.2, -0.15) is 35.8 Å². The Balaban J connectivity index is -0.000000104. The molecule has 0 bridgehead atoms. The van der Waals surface area contributed by atoms with Crippen molar-refractivity contribution < 1.29 is 24.2 Å². The average molecular weight is 389 g/mol. The normalized spacial score (nSPS) is 6.75. The zero-order chi connectivity index (χ0) is 11.6. The molecule has 20 heavy (non-hydrogen) atoms. The Bertz CT molecular complexity index is 444. The molecule has 0 atom stereocenters. The molecule has 0 amide bonds. The summed E-state index contributed by atoms with van der Waals surface area (Å²) >= 11 is 1.30. The Hall–Kier alpha value is -0.557. The number of fused-ring (bicyclic) bond motifs is 1. The van der Waals surface area contributed by atoms with Gasteiger partial charge in [-0.05, 0) is 0 Å². The Morgan fingerprint density at radius 3 is 2.10 bits per heavy atom. The third-order valence-electron chi connectivity index (χ3n) is 1.99. The van der Waals surface area contributed by atoms with Gasteiger partial charge in [0.25, 0.3) is 0 Å². The van der Waals surface area contributed by atoms with Gasteiger partial charge in [0.05, 0.1) is 0 Å². The first-order valence-corrected chi connectivity index (χ1v) is 6.66. The molecule has 2 aromatic carbocycles. The molecule has 3 rings (SSSR count). The van der Waals surface area contributed by atoms with Gasteiger partial charge in [-0.1, -0.05) is 6.07 Å². The zero-order valence-corrected chi connectivity index (χ0v) is 15.9. The Morgan fingerprint density at radius 2 is 1.65 bits per heavy atom. The standard InChI is InChI=1S/C9H7.C4H4N.2CH3.CH2.2ClH.Zr/c1-2-5-9-7-3-6-8(9)4-1;1-2-4-5-3-1;;;;;;/h1-7H;1-3,5H;2*1H3;1H2;2*1H;/q4*-1;;;;. The number of rotatable bonds is 0. The van der Waals surface area contributed by atoms with Crippen LogP contribution in [-0.4, -0.2) is 9.20 Å². The van der Waals surface area contributed by atoms with Crippen molar-refractivity contribution in [1.82, 2.24) is 4.98 Å². The molecule has 0 unspecified atom stereocenters. The third-order valence-corrected chi connectivity index (χ3v) is 1.99. The van der Waals surface area contributed by atoms with Crippen LogP contribution in [0.5, 0.6) is 0 Å². The van der Waals surface area contributed by atoms with Crippen molar-refractivity contribution in [2.24, 2.45) is 0 Å². The number of aromatic amines is 1. The maximum Gasteiger partial charge on any atom is -0.0809 e. The van der Waals surface area contributed by atoms with Crippen LogP contribution in [0.3, 0.4) is 0 Å². The fraction of sp³-hybridized carbons (Fsp3) is 0. The van der Waals surface area contributed by atoms with Crippen molar-refractivity contribution in [3.8, 4) is 0 Å². The van der Waals surface area contributed by atoms with Crippen molar-refractivity contribution in [1.29, 1.82) is 0 Å². The van der Waals surface area contributed by atoms with E-state index in [0.29, 0.717) is 0 Å². The van der Waals surface area contributed by atoms with Gasteiger partial charge < -0.3 is 19.8 Å². The van der Waals surface area contributed by atoms with Gasteiger partial charge in [-0.25, -0.2) is 0 Å². The topological polar surface area (TPSA) is 15.8 Å². The van der Waals surface area contributed by atoms with E-state index < -0.39 is 0 Å². The van der Waals surface area contributed by atoms with E-state index in [0.717, 1.165) is 0 Å². The monoisotopic (exact) mass is 387 g/mol. The molecule has 4 heteroatoms. The van der Waals surface area contributed by atoms with Crippen molar-refractivity contribution >= 4 is 39.8 Å². The van der Waals surface area contributed by atoms with E-state index in [1.807, 2.05) is 18.3 Å². The third kappa shape index (κ3) is 10.3. The van der Waals surface area contributed by atoms with E-state index in [-0.39, 0.29) is 39.7 Å². The summed E-state index contributed by atoms with van der Waals surface area (Å²) in [6.45, 7) is 0. The van der Waals surface area contributed by atoms with Crippen LogP contribution in [0.4, 0.5) is 0 Å². The van der Waals surface area contributed by atoms with Crippen LogP contribution in [0.2, 0.25) is 0 Å². The van der Waals surface area contributed by atoms with E-state index in [9.17, 15) is 0 Å². The summed E-state index contributed by atoms with van der Waals surface area (Å²) in [4.78, 5) is 2.74. The quantitative estimate of drug-likeness (QED) is 0.516. The molecule has 0 fully saturated rings. The van der Waals surface area contributed by atoms with Gasteiger partial charge in [0.2, 0.25) is 0 Å². The van der Waals surface area contributed by atoms with Gasteiger partial charge in [0.1, 0.15) is 0 Å². The first kappa shape index (κ1) is 27.7. The van der Waals surface area contributed by atoms with Crippen LogP contribution in [0, 0.1) is 21.1 Å². The molecule has 0 saturated carbocycles. The Morgan fingerprint density at radius 1 is 1.00 bits per heavy atom. The first-order chi connectivity index (χ1) is 7.97. The smallest absolute Gasteiger partial charge is 0.0809 e. The van der Waals surface area contributed by atoms with Crippen LogP contribution < -0.4 is 0 Å². The maximum atomic E-state index is 3.34. The summed E-state index contributed by atoms with van der Waals surface area (Å²) in [5, 5.41) is 2.66. The predicted octanol–water partition coefficient (Wildman–Crippen LogP) is 5.08. The van der Waals surface area contributed by atoms with Crippen molar-refractivity contribution in [2.75, 3.05) is 0 Å². The van der Waals surface area contributed by atoms with E-state index in [2.05, 4.69) is 57.9 Å². The molecule has 0 aliphatic heterocycles. The number of aromatic nitrogens is 1. The van der Waals surface area contributed by atoms with E-state index in [1.54, 1.807) is 0 Å². The number of hydrogen-bond acceptors (Lipinski definition) is 0. The van der Waals surface area contributed by atoms with Crippen molar-refractivity contribution in [3.05, 3.63) is 81.8 Å². The minimum atomic E-state index is 0. The summed E-state index contributed by atoms with van der Waals surface area (Å²) in [6, 6.07) is 18.4. The summed E-state index contributed by atoms with van der Waals surface area (Å²) in [6.07, 6.45) is 4.56. The second-order valence-corrected chi connectivity index (χ2v) is 2.97. The number of halogens is 2. The Labute approximate surface area is 150 Å². The second kappa shape index (κ2) is 18.4. The first-order valence-electron chi connectivity index (χ1n) is 4.92. The molecule has 0 aliphatic carbocycles. The van der Waals surface area contributed by atoms with E-state index in [1.165, 1.54) is 35.0 Å². The largest absolute Gasteiger partial charge is 0.484 e. The summed E-state index contributed by atoms with van der Waals surface area (Å²) in [7, 11) is 0. The van der Waals surface area contributed by atoms with Crippen LogP contribution >= 0.6 is 24.8 Å². The fourth-order valence-corrected chi connectivity index (χ4v) is 1.31. The molecular weight excluding hydrogens is 368 g/mol. The van der Waals surface area contributed by atoms with Crippen molar-refractivity contribution in [2.45, 2.75) is 0 Å². The van der Waals surface area contributed by atoms with Crippen LogP contribution in [0.1, 0.15) is 0 Å². The molecule has 0 radical (unpaired) electrons. The minimum absolute atomic E-state index is 0. The zero-order valence-electron chi connectivity index (χ0n) is 11.8. The van der Waals surface area contributed by atoms with E-state index in [4.69, 9.17) is 0 Å². The Kier molecular flexibility index (Phi) is 25.6. The molecular formula is C16H21Cl2NZr-4. The van der Waals surface area contributed by atoms with Crippen LogP contribution in [0.15, 0.2) is 60.8 Å². The van der Waals surface area contributed by atoms with Crippen LogP contribution in [-0.2, 0) is 24.2 Å². The number of nitrogens with one attached hydrogen (secondary N) is 1. The van der Waals surface area contributed by atoms with Crippen molar-refractivity contribution in [3.63, 3.8) is 0 Å². The SMILES string of the molecule is Cl.Cl.[CH2]=[Zr].[CH3-].[CH3-].[c-]1ccc[nH]1.c1ccc2[cH-]ccc2c1. The molecule has 0 spiro atoms. The number of benzene rings is 1. The summed E-state index contributed by atoms with van der Waals surface area (Å²) in [5.74, 6) is 0. The number of hydrogen-bond donors (Lipinski definition) is 1. The molecule has 1 heterocycles. The molecule has 1 nitrogen and oxygen atoms in total. The molecule has 1 N–H and O–H groups in total.